The van der Waals surface area contributed by atoms with E-state index in [0.29, 0.717) is 16.3 Å². The Morgan fingerprint density at radius 3 is 2.59 bits per heavy atom. The summed E-state index contributed by atoms with van der Waals surface area (Å²) in [5.41, 5.74) is 2.68. The van der Waals surface area contributed by atoms with Crippen LogP contribution in [-0.4, -0.2) is 31.0 Å². The molecule has 1 amide bonds. The van der Waals surface area contributed by atoms with Gasteiger partial charge in [0.25, 0.3) is 5.91 Å². The summed E-state index contributed by atoms with van der Waals surface area (Å²) in [5, 5.41) is 3.00. The molecule has 6 heteroatoms. The zero-order valence-corrected chi connectivity index (χ0v) is 13.0. The highest BCUT2D eigenvalue weighted by Crippen LogP contribution is 2.26. The molecule has 1 aromatic heterocycles. The number of ether oxygens (including phenoxy) is 1. The number of rotatable bonds is 4. The fourth-order valence-corrected chi connectivity index (χ4v) is 2.21. The topological polar surface area (TPSA) is 68.3 Å². The molecule has 1 aromatic carbocycles. The van der Waals surface area contributed by atoms with E-state index in [4.69, 9.17) is 11.6 Å². The molecule has 0 fully saturated rings. The molecule has 1 heterocycles. The average Bonchev–Trinajstić information content (AvgIpc) is 2.55. The van der Waals surface area contributed by atoms with Crippen molar-refractivity contribution in [2.75, 3.05) is 14.2 Å². The van der Waals surface area contributed by atoms with E-state index in [1.807, 2.05) is 6.07 Å². The molecule has 2 rings (SSSR count). The number of benzene rings is 1. The van der Waals surface area contributed by atoms with Crippen molar-refractivity contribution in [3.63, 3.8) is 0 Å². The van der Waals surface area contributed by atoms with Crippen LogP contribution in [-0.2, 0) is 16.0 Å². The monoisotopic (exact) mass is 318 g/mol. The molecule has 2 aromatic rings. The number of nitrogens with one attached hydrogen (secondary N) is 1. The third-order valence-electron chi connectivity index (χ3n) is 3.17. The van der Waals surface area contributed by atoms with Crippen LogP contribution in [0.4, 0.5) is 0 Å². The standard InChI is InChI=1S/C16H15ClN2O3/c1-18-16(21)14-8-11(5-6-19-14)10-3-4-12(13(17)7-10)9-15(20)22-2/h3-8H,9H2,1-2H3,(H,18,21). The maximum Gasteiger partial charge on any atom is 0.310 e. The van der Waals surface area contributed by atoms with Gasteiger partial charge in [0.15, 0.2) is 0 Å². The minimum absolute atomic E-state index is 0.120. The van der Waals surface area contributed by atoms with Crippen LogP contribution >= 0.6 is 11.6 Å². The van der Waals surface area contributed by atoms with Gasteiger partial charge in [0.1, 0.15) is 5.69 Å². The highest BCUT2D eigenvalue weighted by molar-refractivity contribution is 6.31. The predicted molar refractivity (Wildman–Crippen MR) is 83.8 cm³/mol. The number of halogens is 1. The molecule has 22 heavy (non-hydrogen) atoms. The van der Waals surface area contributed by atoms with Gasteiger partial charge in [0, 0.05) is 18.3 Å². The van der Waals surface area contributed by atoms with Crippen LogP contribution < -0.4 is 5.32 Å². The van der Waals surface area contributed by atoms with Crippen molar-refractivity contribution in [1.82, 2.24) is 10.3 Å². The van der Waals surface area contributed by atoms with Gasteiger partial charge in [-0.3, -0.25) is 14.6 Å². The summed E-state index contributed by atoms with van der Waals surface area (Å²) in [4.78, 5) is 26.9. The van der Waals surface area contributed by atoms with E-state index in [1.165, 1.54) is 7.11 Å². The fraction of sp³-hybridized carbons (Fsp3) is 0.188. The quantitative estimate of drug-likeness (QED) is 0.879. The number of esters is 1. The average molecular weight is 319 g/mol. The van der Waals surface area contributed by atoms with Gasteiger partial charge >= 0.3 is 5.97 Å². The van der Waals surface area contributed by atoms with Crippen molar-refractivity contribution < 1.29 is 14.3 Å². The Hall–Kier alpha value is -2.40. The Balaban J connectivity index is 2.32. The Bertz CT molecular complexity index is 716. The fourth-order valence-electron chi connectivity index (χ4n) is 1.96. The van der Waals surface area contributed by atoms with Gasteiger partial charge < -0.3 is 10.1 Å². The van der Waals surface area contributed by atoms with Crippen molar-refractivity contribution in [3.8, 4) is 11.1 Å². The van der Waals surface area contributed by atoms with E-state index in [0.717, 1.165) is 11.1 Å². The van der Waals surface area contributed by atoms with Gasteiger partial charge in [-0.05, 0) is 34.9 Å². The normalized spacial score (nSPS) is 10.1. The van der Waals surface area contributed by atoms with E-state index in [2.05, 4.69) is 15.0 Å². The van der Waals surface area contributed by atoms with E-state index >= 15 is 0 Å². The molecule has 0 saturated heterocycles. The maximum absolute atomic E-state index is 11.6. The lowest BCUT2D eigenvalue weighted by Gasteiger charge is -2.08. The Labute approximate surface area is 133 Å². The number of carbonyl (C=O) groups is 2. The van der Waals surface area contributed by atoms with Gasteiger partial charge in [0.2, 0.25) is 0 Å². The lowest BCUT2D eigenvalue weighted by Crippen LogP contribution is -2.19. The van der Waals surface area contributed by atoms with Crippen LogP contribution in [0, 0.1) is 0 Å². The van der Waals surface area contributed by atoms with Crippen molar-refractivity contribution >= 4 is 23.5 Å². The summed E-state index contributed by atoms with van der Waals surface area (Å²) >= 11 is 6.21. The highest BCUT2D eigenvalue weighted by Gasteiger charge is 2.10. The third-order valence-corrected chi connectivity index (χ3v) is 3.52. The molecule has 1 N–H and O–H groups in total. The van der Waals surface area contributed by atoms with Gasteiger partial charge in [-0.25, -0.2) is 0 Å². The molecule has 0 atom stereocenters. The number of hydrogen-bond donors (Lipinski definition) is 1. The Kier molecular flexibility index (Phi) is 5.12. The molecule has 0 spiro atoms. The first-order valence-corrected chi connectivity index (χ1v) is 6.96. The number of pyridine rings is 1. The lowest BCUT2D eigenvalue weighted by atomic mass is 10.0. The van der Waals surface area contributed by atoms with E-state index < -0.39 is 0 Å². The first kappa shape index (κ1) is 16.0. The molecule has 5 nitrogen and oxygen atoms in total. The lowest BCUT2D eigenvalue weighted by molar-refractivity contribution is -0.139. The molecule has 0 aliphatic rings. The minimum Gasteiger partial charge on any atom is -0.469 e. The zero-order valence-electron chi connectivity index (χ0n) is 12.2. The molecule has 0 aliphatic carbocycles. The van der Waals surface area contributed by atoms with Gasteiger partial charge in [-0.2, -0.15) is 0 Å². The summed E-state index contributed by atoms with van der Waals surface area (Å²) in [7, 11) is 2.89. The molecule has 0 saturated carbocycles. The summed E-state index contributed by atoms with van der Waals surface area (Å²) in [6.45, 7) is 0. The number of aromatic nitrogens is 1. The maximum atomic E-state index is 11.6. The molecule has 0 aliphatic heterocycles. The van der Waals surface area contributed by atoms with Crippen molar-refractivity contribution in [1.29, 1.82) is 0 Å². The van der Waals surface area contributed by atoms with Crippen LogP contribution in [0.25, 0.3) is 11.1 Å². The van der Waals surface area contributed by atoms with Crippen LogP contribution in [0.5, 0.6) is 0 Å². The van der Waals surface area contributed by atoms with E-state index in [1.54, 1.807) is 37.5 Å². The van der Waals surface area contributed by atoms with E-state index in [-0.39, 0.29) is 18.3 Å². The minimum atomic E-state index is -0.347. The number of carbonyl (C=O) groups excluding carboxylic acids is 2. The molecular weight excluding hydrogens is 304 g/mol. The summed E-state index contributed by atoms with van der Waals surface area (Å²) in [5.74, 6) is -0.601. The van der Waals surface area contributed by atoms with Gasteiger partial charge in [-0.1, -0.05) is 23.7 Å². The largest absolute Gasteiger partial charge is 0.469 e. The van der Waals surface area contributed by atoms with Gasteiger partial charge in [-0.15, -0.1) is 0 Å². The van der Waals surface area contributed by atoms with Crippen LogP contribution in [0.1, 0.15) is 16.1 Å². The molecular formula is C16H15ClN2O3. The Morgan fingerprint density at radius 2 is 1.95 bits per heavy atom. The summed E-state index contributed by atoms with van der Waals surface area (Å²) in [6.07, 6.45) is 1.69. The van der Waals surface area contributed by atoms with Crippen molar-refractivity contribution in [3.05, 3.63) is 52.8 Å². The number of methoxy groups -OCH3 is 1. The van der Waals surface area contributed by atoms with Crippen LogP contribution in [0.2, 0.25) is 5.02 Å². The van der Waals surface area contributed by atoms with E-state index in [9.17, 15) is 9.59 Å². The zero-order chi connectivity index (χ0) is 16.1. The molecule has 0 unspecified atom stereocenters. The molecule has 0 bridgehead atoms. The smallest absolute Gasteiger partial charge is 0.310 e. The second kappa shape index (κ2) is 7.04. The third kappa shape index (κ3) is 3.62. The van der Waals surface area contributed by atoms with Crippen molar-refractivity contribution in [2.24, 2.45) is 0 Å². The van der Waals surface area contributed by atoms with Gasteiger partial charge in [0.05, 0.1) is 13.5 Å². The summed E-state index contributed by atoms with van der Waals surface area (Å²) in [6, 6.07) is 8.84. The van der Waals surface area contributed by atoms with Crippen molar-refractivity contribution in [2.45, 2.75) is 6.42 Å². The highest BCUT2D eigenvalue weighted by atomic mass is 35.5. The Morgan fingerprint density at radius 1 is 1.23 bits per heavy atom. The first-order valence-electron chi connectivity index (χ1n) is 6.59. The SMILES string of the molecule is CNC(=O)c1cc(-c2ccc(CC(=O)OC)c(Cl)c2)ccn1. The number of amides is 1. The summed E-state index contributed by atoms with van der Waals surface area (Å²) < 4.78 is 4.63. The van der Waals surface area contributed by atoms with Crippen LogP contribution in [0.3, 0.4) is 0 Å². The first-order chi connectivity index (χ1) is 10.5. The molecule has 0 radical (unpaired) electrons. The predicted octanol–water partition coefficient (Wildman–Crippen LogP) is 2.48. The number of nitrogens with zero attached hydrogens (tertiary/aromatic N) is 1. The molecule has 114 valence electrons. The van der Waals surface area contributed by atoms with Crippen LogP contribution in [0.15, 0.2) is 36.5 Å². The second-order valence-electron chi connectivity index (χ2n) is 4.57. The second-order valence-corrected chi connectivity index (χ2v) is 4.98. The number of hydrogen-bond acceptors (Lipinski definition) is 4.